The Morgan fingerprint density at radius 2 is 2.29 bits per heavy atom. The molecule has 5 nitrogen and oxygen atoms in total. The number of amides is 1. The van der Waals surface area contributed by atoms with Gasteiger partial charge in [-0.2, -0.15) is 4.73 Å². The molecule has 0 saturated heterocycles. The molecule has 1 amide bonds. The van der Waals surface area contributed by atoms with Crippen molar-refractivity contribution >= 4 is 17.5 Å². The number of hydrogen-bond donors (Lipinski definition) is 1. The van der Waals surface area contributed by atoms with Crippen molar-refractivity contribution in [3.8, 4) is 0 Å². The first-order chi connectivity index (χ1) is 8.16. The van der Waals surface area contributed by atoms with Crippen molar-refractivity contribution in [3.05, 3.63) is 58.4 Å². The van der Waals surface area contributed by atoms with Crippen LogP contribution in [-0.4, -0.2) is 5.91 Å². The van der Waals surface area contributed by atoms with E-state index in [1.54, 1.807) is 12.1 Å². The van der Waals surface area contributed by atoms with Crippen molar-refractivity contribution in [2.24, 2.45) is 0 Å². The topological polar surface area (TPSA) is 69.2 Å². The van der Waals surface area contributed by atoms with Gasteiger partial charge in [-0.3, -0.25) is 4.79 Å². The van der Waals surface area contributed by atoms with E-state index in [-0.39, 0.29) is 23.2 Å². The Bertz CT molecular complexity index is 526. The number of nitrogens with one attached hydrogen (secondary N) is 1. The lowest BCUT2D eigenvalue weighted by molar-refractivity contribution is -0.603. The minimum absolute atomic E-state index is 0.0209. The zero-order valence-electron chi connectivity index (χ0n) is 8.72. The highest BCUT2D eigenvalue weighted by Crippen LogP contribution is 2.04. The Morgan fingerprint density at radius 3 is 2.94 bits per heavy atom. The largest absolute Gasteiger partial charge is 0.618 e. The molecular formula is C11H9ClN2O3. The highest BCUT2D eigenvalue weighted by molar-refractivity contribution is 6.28. The van der Waals surface area contributed by atoms with Crippen molar-refractivity contribution in [1.82, 2.24) is 5.32 Å². The molecule has 0 aliphatic carbocycles. The van der Waals surface area contributed by atoms with Crippen LogP contribution < -0.4 is 10.0 Å². The second-order valence-corrected chi connectivity index (χ2v) is 3.72. The monoisotopic (exact) mass is 252 g/mol. The molecule has 0 atom stereocenters. The molecule has 6 heteroatoms. The van der Waals surface area contributed by atoms with E-state index in [1.165, 1.54) is 18.4 Å². The molecule has 17 heavy (non-hydrogen) atoms. The molecule has 0 fully saturated rings. The summed E-state index contributed by atoms with van der Waals surface area (Å²) in [6.45, 7) is 0.271. The summed E-state index contributed by atoms with van der Waals surface area (Å²) in [4.78, 5) is 11.7. The third-order valence-corrected chi connectivity index (χ3v) is 2.43. The van der Waals surface area contributed by atoms with Crippen LogP contribution in [0.25, 0.3) is 0 Å². The lowest BCUT2D eigenvalue weighted by Crippen LogP contribution is -2.31. The molecular weight excluding hydrogens is 244 g/mol. The summed E-state index contributed by atoms with van der Waals surface area (Å²) < 4.78 is 5.49. The van der Waals surface area contributed by atoms with Crippen LogP contribution in [0.2, 0.25) is 5.15 Å². The average Bonchev–Trinajstić information content (AvgIpc) is 2.82. The lowest BCUT2D eigenvalue weighted by atomic mass is 10.2. The van der Waals surface area contributed by atoms with Gasteiger partial charge in [-0.05, 0) is 29.8 Å². The second kappa shape index (κ2) is 4.88. The number of nitrogens with zero attached hydrogens (tertiary/aromatic N) is 1. The van der Waals surface area contributed by atoms with Crippen LogP contribution in [0.15, 0.2) is 41.1 Å². The van der Waals surface area contributed by atoms with E-state index in [2.05, 4.69) is 5.32 Å². The molecule has 0 saturated carbocycles. The van der Waals surface area contributed by atoms with Crippen LogP contribution in [0, 0.1) is 5.21 Å². The fourth-order valence-corrected chi connectivity index (χ4v) is 1.39. The number of furan rings is 1. The minimum atomic E-state index is -0.359. The van der Waals surface area contributed by atoms with Gasteiger partial charge in [0.1, 0.15) is 11.3 Å². The first-order valence-electron chi connectivity index (χ1n) is 4.86. The summed E-state index contributed by atoms with van der Waals surface area (Å²) in [7, 11) is 0. The van der Waals surface area contributed by atoms with Crippen molar-refractivity contribution in [3.63, 3.8) is 0 Å². The van der Waals surface area contributed by atoms with Gasteiger partial charge < -0.3 is 14.9 Å². The molecule has 2 aromatic heterocycles. The maximum atomic E-state index is 11.7. The van der Waals surface area contributed by atoms with Gasteiger partial charge in [0.15, 0.2) is 6.20 Å². The number of hydrogen-bond acceptors (Lipinski definition) is 3. The van der Waals surface area contributed by atoms with Crippen LogP contribution in [-0.2, 0) is 6.54 Å². The van der Waals surface area contributed by atoms with E-state index < -0.39 is 0 Å². The Hall–Kier alpha value is -2.01. The quantitative estimate of drug-likeness (QED) is 0.511. The van der Waals surface area contributed by atoms with Crippen molar-refractivity contribution in [2.75, 3.05) is 0 Å². The molecule has 0 aromatic carbocycles. The molecule has 88 valence electrons. The summed E-state index contributed by atoms with van der Waals surface area (Å²) in [6.07, 6.45) is 2.65. The Morgan fingerprint density at radius 1 is 1.47 bits per heavy atom. The fourth-order valence-electron chi connectivity index (χ4n) is 1.28. The Kier molecular flexibility index (Phi) is 3.30. The minimum Gasteiger partial charge on any atom is -0.618 e. The van der Waals surface area contributed by atoms with Crippen molar-refractivity contribution < 1.29 is 13.9 Å². The van der Waals surface area contributed by atoms with Crippen molar-refractivity contribution in [1.29, 1.82) is 0 Å². The standard InChI is InChI=1S/C11H9ClN2O3/c12-10-4-3-8(7-14(10)16)11(15)13-6-9-2-1-5-17-9/h1-5,7H,6H2,(H,13,15). The van der Waals surface area contributed by atoms with Crippen molar-refractivity contribution in [2.45, 2.75) is 6.54 Å². The normalized spacial score (nSPS) is 10.2. The maximum Gasteiger partial charge on any atom is 0.286 e. The van der Waals surface area contributed by atoms with E-state index in [4.69, 9.17) is 16.0 Å². The average molecular weight is 253 g/mol. The molecule has 2 heterocycles. The summed E-state index contributed by atoms with van der Waals surface area (Å²) in [5, 5.41) is 13.8. The zero-order valence-corrected chi connectivity index (χ0v) is 9.48. The Labute approximate surface area is 102 Å². The number of rotatable bonds is 3. The van der Waals surface area contributed by atoms with Gasteiger partial charge in [0.2, 0.25) is 0 Å². The number of aromatic nitrogens is 1. The second-order valence-electron chi connectivity index (χ2n) is 3.33. The zero-order chi connectivity index (χ0) is 12.3. The molecule has 0 aliphatic rings. The molecule has 0 unspecified atom stereocenters. The van der Waals surface area contributed by atoms with Crippen LogP contribution in [0.1, 0.15) is 16.1 Å². The van der Waals surface area contributed by atoms with Gasteiger partial charge in [0.25, 0.3) is 11.1 Å². The van der Waals surface area contributed by atoms with Gasteiger partial charge in [-0.25, -0.2) is 0 Å². The van der Waals surface area contributed by atoms with Crippen LogP contribution >= 0.6 is 11.6 Å². The third kappa shape index (κ3) is 2.76. The van der Waals surface area contributed by atoms with Gasteiger partial charge in [-0.15, -0.1) is 0 Å². The number of halogens is 1. The summed E-state index contributed by atoms with van der Waals surface area (Å²) in [6, 6.07) is 6.33. The predicted molar refractivity (Wildman–Crippen MR) is 60.3 cm³/mol. The van der Waals surface area contributed by atoms with Crippen LogP contribution in [0.3, 0.4) is 0 Å². The number of pyridine rings is 1. The highest BCUT2D eigenvalue weighted by Gasteiger charge is 2.11. The van der Waals surface area contributed by atoms with E-state index in [1.807, 2.05) is 0 Å². The molecule has 0 spiro atoms. The smallest absolute Gasteiger partial charge is 0.286 e. The van der Waals surface area contributed by atoms with Crippen LogP contribution in [0.4, 0.5) is 0 Å². The van der Waals surface area contributed by atoms with Gasteiger partial charge >= 0.3 is 0 Å². The number of carbonyl (C=O) groups is 1. The summed E-state index contributed by atoms with van der Waals surface area (Å²) >= 11 is 5.55. The van der Waals surface area contributed by atoms with E-state index >= 15 is 0 Å². The fraction of sp³-hybridized carbons (Fsp3) is 0.0909. The number of carbonyl (C=O) groups excluding carboxylic acids is 1. The van der Waals surface area contributed by atoms with E-state index in [0.717, 1.165) is 6.20 Å². The van der Waals surface area contributed by atoms with Gasteiger partial charge in [0, 0.05) is 6.07 Å². The highest BCUT2D eigenvalue weighted by atomic mass is 35.5. The molecule has 2 aromatic rings. The summed E-state index contributed by atoms with van der Waals surface area (Å²) in [5.41, 5.74) is 0.246. The van der Waals surface area contributed by atoms with E-state index in [9.17, 15) is 10.0 Å². The lowest BCUT2D eigenvalue weighted by Gasteiger charge is -2.03. The Balaban J connectivity index is 2.02. The SMILES string of the molecule is O=C(NCc1ccco1)c1ccc(Cl)[n+]([O-])c1. The first-order valence-corrected chi connectivity index (χ1v) is 5.24. The maximum absolute atomic E-state index is 11.7. The first kappa shape index (κ1) is 11.5. The summed E-state index contributed by atoms with van der Waals surface area (Å²) in [5.74, 6) is 0.282. The van der Waals surface area contributed by atoms with Gasteiger partial charge in [0.05, 0.1) is 12.8 Å². The molecule has 2 rings (SSSR count). The van der Waals surface area contributed by atoms with Crippen LogP contribution in [0.5, 0.6) is 0 Å². The molecule has 0 bridgehead atoms. The van der Waals surface area contributed by atoms with E-state index in [0.29, 0.717) is 10.5 Å². The third-order valence-electron chi connectivity index (χ3n) is 2.13. The predicted octanol–water partition coefficient (Wildman–Crippen LogP) is 1.50. The molecule has 0 aliphatic heterocycles. The molecule has 1 N–H and O–H groups in total. The molecule has 0 radical (unpaired) electrons. The van der Waals surface area contributed by atoms with Gasteiger partial charge in [-0.1, -0.05) is 0 Å².